The Balaban J connectivity index is 1.55. The molecule has 1 spiro atoms. The number of hydrogen-bond acceptors (Lipinski definition) is 5. The van der Waals surface area contributed by atoms with E-state index in [1.165, 1.54) is 27.6 Å². The lowest BCUT2D eigenvalue weighted by Gasteiger charge is -2.42. The van der Waals surface area contributed by atoms with Gasteiger partial charge >= 0.3 is 0 Å². The van der Waals surface area contributed by atoms with Crippen LogP contribution < -0.4 is 10.5 Å². The summed E-state index contributed by atoms with van der Waals surface area (Å²) in [5.41, 5.74) is 0.688. The van der Waals surface area contributed by atoms with Crippen LogP contribution in [0.2, 0.25) is 0 Å². The second-order valence-electron chi connectivity index (χ2n) is 7.10. The fraction of sp³-hybridized carbons (Fsp3) is 0.688. The van der Waals surface area contributed by atoms with Crippen molar-refractivity contribution in [3.8, 4) is 0 Å². The van der Waals surface area contributed by atoms with Gasteiger partial charge in [0, 0.05) is 24.0 Å². The minimum Gasteiger partial charge on any atom is -0.369 e. The van der Waals surface area contributed by atoms with Gasteiger partial charge in [-0.3, -0.25) is 4.79 Å². The largest absolute Gasteiger partial charge is 0.369 e. The van der Waals surface area contributed by atoms with Crippen LogP contribution in [0.1, 0.15) is 52.2 Å². The molecule has 1 aromatic heterocycles. The molecule has 3 heterocycles. The first kappa shape index (κ1) is 17.4. The molecule has 1 aromatic rings. The minimum atomic E-state index is -3.66. The zero-order valence-corrected chi connectivity index (χ0v) is 15.6. The molecule has 0 atom stereocenters. The molecule has 0 aromatic carbocycles. The van der Waals surface area contributed by atoms with Crippen molar-refractivity contribution in [1.82, 2.24) is 9.62 Å². The van der Waals surface area contributed by atoms with Gasteiger partial charge in [-0.2, -0.15) is 12.7 Å². The van der Waals surface area contributed by atoms with E-state index in [0.29, 0.717) is 38.6 Å². The third-order valence-electron chi connectivity index (χ3n) is 5.53. The first-order chi connectivity index (χ1) is 11.9. The van der Waals surface area contributed by atoms with E-state index in [1.807, 2.05) is 6.07 Å². The van der Waals surface area contributed by atoms with Crippen LogP contribution >= 0.6 is 11.3 Å². The molecule has 25 heavy (non-hydrogen) atoms. The number of nitrogens with two attached hydrogens (primary N) is 1. The summed E-state index contributed by atoms with van der Waals surface area (Å²) < 4.78 is 30.5. The predicted molar refractivity (Wildman–Crippen MR) is 94.7 cm³/mol. The number of nitrogens with zero attached hydrogens (tertiary/aromatic N) is 1. The highest BCUT2D eigenvalue weighted by molar-refractivity contribution is 7.86. The van der Waals surface area contributed by atoms with Crippen LogP contribution in [0.3, 0.4) is 0 Å². The first-order valence-corrected chi connectivity index (χ1v) is 11.1. The lowest BCUT2D eigenvalue weighted by atomic mass is 9.86. The Morgan fingerprint density at radius 3 is 2.68 bits per heavy atom. The van der Waals surface area contributed by atoms with E-state index in [-0.39, 0.29) is 5.91 Å². The second-order valence-corrected chi connectivity index (χ2v) is 9.70. The zero-order chi connectivity index (χ0) is 17.7. The number of carbonyl (C=O) groups excluding carboxylic acids is 1. The lowest BCUT2D eigenvalue weighted by Crippen LogP contribution is -2.49. The van der Waals surface area contributed by atoms with Crippen LogP contribution in [-0.2, 0) is 27.0 Å². The molecule has 138 valence electrons. The Morgan fingerprint density at radius 2 is 2.08 bits per heavy atom. The highest BCUT2D eigenvalue weighted by Gasteiger charge is 2.44. The summed E-state index contributed by atoms with van der Waals surface area (Å²) in [5.74, 6) is 0.00113. The molecule has 1 aliphatic carbocycles. The topological polar surface area (TPSA) is 102 Å². The van der Waals surface area contributed by atoms with Crippen molar-refractivity contribution in [1.29, 1.82) is 0 Å². The number of rotatable bonds is 3. The average molecular weight is 386 g/mol. The lowest BCUT2D eigenvalue weighted by molar-refractivity contribution is -0.0861. The van der Waals surface area contributed by atoms with Crippen molar-refractivity contribution < 1.29 is 17.9 Å². The van der Waals surface area contributed by atoms with Crippen LogP contribution in [0.15, 0.2) is 6.07 Å². The monoisotopic (exact) mass is 385 g/mol. The molecule has 1 saturated carbocycles. The van der Waals surface area contributed by atoms with E-state index in [9.17, 15) is 13.2 Å². The Kier molecular flexibility index (Phi) is 4.40. The Bertz CT molecular complexity index is 777. The number of piperidine rings is 1. The molecule has 3 N–H and O–H groups in total. The van der Waals surface area contributed by atoms with Gasteiger partial charge in [0.05, 0.1) is 11.5 Å². The number of ether oxygens (including phenoxy) is 1. The molecule has 4 rings (SSSR count). The van der Waals surface area contributed by atoms with Crippen molar-refractivity contribution in [3.63, 3.8) is 0 Å². The molecular formula is C16H23N3O4S2. The summed E-state index contributed by atoms with van der Waals surface area (Å²) in [6.45, 7) is 1.29. The Hall–Kier alpha value is -1.00. The minimum absolute atomic E-state index is 0.00113. The van der Waals surface area contributed by atoms with Crippen LogP contribution in [0, 0.1) is 0 Å². The highest BCUT2D eigenvalue weighted by Crippen LogP contribution is 2.45. The van der Waals surface area contributed by atoms with Gasteiger partial charge in [-0.05, 0) is 50.2 Å². The third-order valence-corrected chi connectivity index (χ3v) is 7.97. The van der Waals surface area contributed by atoms with Gasteiger partial charge in [0.15, 0.2) is 0 Å². The molecule has 7 nitrogen and oxygen atoms in total. The fourth-order valence-electron chi connectivity index (χ4n) is 3.82. The molecular weight excluding hydrogens is 362 g/mol. The van der Waals surface area contributed by atoms with Gasteiger partial charge < -0.3 is 10.1 Å². The Morgan fingerprint density at radius 1 is 1.36 bits per heavy atom. The van der Waals surface area contributed by atoms with Crippen LogP contribution in [0.25, 0.3) is 0 Å². The maximum atomic E-state index is 12.5. The molecule has 1 saturated heterocycles. The first-order valence-electron chi connectivity index (χ1n) is 8.73. The van der Waals surface area contributed by atoms with Gasteiger partial charge in [-0.25, -0.2) is 5.14 Å². The molecule has 1 amide bonds. The molecule has 9 heteroatoms. The van der Waals surface area contributed by atoms with Crippen molar-refractivity contribution in [3.05, 3.63) is 21.4 Å². The van der Waals surface area contributed by atoms with E-state index in [2.05, 4.69) is 5.32 Å². The molecule has 0 radical (unpaired) electrons. The second kappa shape index (κ2) is 6.31. The van der Waals surface area contributed by atoms with E-state index in [1.54, 1.807) is 0 Å². The van der Waals surface area contributed by atoms with Crippen molar-refractivity contribution in [2.75, 3.05) is 19.7 Å². The molecule has 3 aliphatic rings. The number of nitrogens with one attached hydrogen (secondary N) is 1. The molecule has 2 fully saturated rings. The predicted octanol–water partition coefficient (Wildman–Crippen LogP) is 1.10. The summed E-state index contributed by atoms with van der Waals surface area (Å²) in [4.78, 5) is 14.3. The maximum absolute atomic E-state index is 12.5. The fourth-order valence-corrected chi connectivity index (χ4v) is 5.82. The highest BCUT2D eigenvalue weighted by atomic mass is 32.2. The quantitative estimate of drug-likeness (QED) is 0.813. The van der Waals surface area contributed by atoms with E-state index in [0.717, 1.165) is 29.0 Å². The number of amides is 1. The third kappa shape index (κ3) is 3.23. The zero-order valence-electron chi connectivity index (χ0n) is 14.0. The van der Waals surface area contributed by atoms with Gasteiger partial charge in [-0.15, -0.1) is 11.3 Å². The molecule has 0 unspecified atom stereocenters. The maximum Gasteiger partial charge on any atom is 0.276 e. The van der Waals surface area contributed by atoms with Gasteiger partial charge in [-0.1, -0.05) is 0 Å². The summed E-state index contributed by atoms with van der Waals surface area (Å²) in [6.07, 6.45) is 5.24. The number of thiophene rings is 1. The van der Waals surface area contributed by atoms with Gasteiger partial charge in [0.2, 0.25) is 0 Å². The van der Waals surface area contributed by atoms with Gasteiger partial charge in [0.1, 0.15) is 5.60 Å². The number of hydrogen-bond donors (Lipinski definition) is 2. The summed E-state index contributed by atoms with van der Waals surface area (Å²) in [7, 11) is -3.66. The normalized spacial score (nSPS) is 23.9. The van der Waals surface area contributed by atoms with Crippen LogP contribution in [0.5, 0.6) is 0 Å². The Labute approximate surface area is 151 Å². The molecule has 2 aliphatic heterocycles. The van der Waals surface area contributed by atoms with E-state index in [4.69, 9.17) is 9.88 Å². The summed E-state index contributed by atoms with van der Waals surface area (Å²) in [6, 6.07) is 2.31. The van der Waals surface area contributed by atoms with E-state index < -0.39 is 15.8 Å². The summed E-state index contributed by atoms with van der Waals surface area (Å²) in [5, 5.41) is 8.33. The SMILES string of the molecule is NS(=O)(=O)N1CCC2(CC1)OCCc1cc(C(=O)NC3CCC3)sc12. The van der Waals surface area contributed by atoms with Crippen molar-refractivity contribution in [2.24, 2.45) is 5.14 Å². The summed E-state index contributed by atoms with van der Waals surface area (Å²) >= 11 is 1.50. The van der Waals surface area contributed by atoms with Crippen LogP contribution in [-0.4, -0.2) is 44.4 Å². The van der Waals surface area contributed by atoms with Crippen LogP contribution in [0.4, 0.5) is 0 Å². The number of fused-ring (bicyclic) bond motifs is 2. The van der Waals surface area contributed by atoms with Crippen molar-refractivity contribution in [2.45, 2.75) is 50.2 Å². The smallest absolute Gasteiger partial charge is 0.276 e. The molecule has 0 bridgehead atoms. The average Bonchev–Trinajstić information content (AvgIpc) is 2.96. The van der Waals surface area contributed by atoms with E-state index >= 15 is 0 Å². The number of carbonyl (C=O) groups is 1. The van der Waals surface area contributed by atoms with Crippen molar-refractivity contribution >= 4 is 27.5 Å². The van der Waals surface area contributed by atoms with Gasteiger partial charge in [0.25, 0.3) is 16.1 Å². The standard InChI is InChI=1S/C16H23N3O4S2/c17-25(21,22)19-7-5-16(6-8-19)14-11(4-9-23-16)10-13(24-14)15(20)18-12-2-1-3-12/h10,12H,1-9H2,(H,18,20)(H2,17,21,22).